The summed E-state index contributed by atoms with van der Waals surface area (Å²) in [7, 11) is 0. The average Bonchev–Trinajstić information content (AvgIpc) is 3.22. The fourth-order valence-corrected chi connectivity index (χ4v) is 3.41. The van der Waals surface area contributed by atoms with Crippen LogP contribution < -0.4 is 10.6 Å². The van der Waals surface area contributed by atoms with Crippen molar-refractivity contribution in [1.82, 2.24) is 15.3 Å². The van der Waals surface area contributed by atoms with Crippen LogP contribution in [0.4, 0.5) is 5.69 Å². The number of benzene rings is 2. The number of aromatic nitrogens is 2. The number of carbonyl (C=O) groups is 2. The molecular weight excluding hydrogens is 444 g/mol. The van der Waals surface area contributed by atoms with E-state index in [0.717, 1.165) is 10.9 Å². The number of pyridine rings is 1. The molecule has 0 bridgehead atoms. The molecule has 2 aromatic heterocycles. The van der Waals surface area contributed by atoms with E-state index in [1.165, 1.54) is 0 Å². The quantitative estimate of drug-likeness (QED) is 0.376. The Morgan fingerprint density at radius 2 is 1.90 bits per heavy atom. The number of fused-ring (bicyclic) bond motifs is 1. The molecule has 0 atom stereocenters. The van der Waals surface area contributed by atoms with Crippen molar-refractivity contribution in [1.29, 1.82) is 0 Å². The Morgan fingerprint density at radius 3 is 2.70 bits per heavy atom. The van der Waals surface area contributed by atoms with Crippen molar-refractivity contribution in [2.45, 2.75) is 0 Å². The second-order valence-electron chi connectivity index (χ2n) is 6.51. The zero-order valence-electron chi connectivity index (χ0n) is 15.7. The molecular formula is C23H17BrN4O2. The Balaban J connectivity index is 1.62. The molecule has 0 fully saturated rings. The number of hydrogen-bond acceptors (Lipinski definition) is 3. The van der Waals surface area contributed by atoms with Gasteiger partial charge >= 0.3 is 0 Å². The molecule has 7 heteroatoms. The average molecular weight is 461 g/mol. The first-order valence-electron chi connectivity index (χ1n) is 9.16. The first kappa shape index (κ1) is 19.6. The molecule has 0 radical (unpaired) electrons. The van der Waals surface area contributed by atoms with Crippen LogP contribution in [-0.2, 0) is 4.79 Å². The van der Waals surface area contributed by atoms with E-state index in [1.54, 1.807) is 48.8 Å². The molecule has 4 rings (SSSR count). The van der Waals surface area contributed by atoms with Gasteiger partial charge in [-0.1, -0.05) is 24.3 Å². The molecule has 0 aliphatic carbocycles. The predicted molar refractivity (Wildman–Crippen MR) is 121 cm³/mol. The summed E-state index contributed by atoms with van der Waals surface area (Å²) in [5, 5.41) is 6.60. The van der Waals surface area contributed by atoms with Crippen molar-refractivity contribution < 1.29 is 9.59 Å². The van der Waals surface area contributed by atoms with Crippen LogP contribution in [0.3, 0.4) is 0 Å². The Morgan fingerprint density at radius 1 is 1.03 bits per heavy atom. The smallest absolute Gasteiger partial charge is 0.272 e. The van der Waals surface area contributed by atoms with E-state index in [2.05, 4.69) is 36.5 Å². The number of H-pyrrole nitrogens is 1. The van der Waals surface area contributed by atoms with Crippen molar-refractivity contribution in [3.8, 4) is 0 Å². The highest BCUT2D eigenvalue weighted by Crippen LogP contribution is 2.19. The number of aromatic amines is 1. The maximum atomic E-state index is 13.0. The molecule has 0 aliphatic rings. The number of carbonyl (C=O) groups excluding carboxylic acids is 2. The van der Waals surface area contributed by atoms with Gasteiger partial charge < -0.3 is 15.6 Å². The molecule has 2 aromatic carbocycles. The van der Waals surface area contributed by atoms with Gasteiger partial charge in [-0.05, 0) is 69.4 Å². The monoisotopic (exact) mass is 460 g/mol. The second-order valence-corrected chi connectivity index (χ2v) is 7.37. The van der Waals surface area contributed by atoms with E-state index in [0.29, 0.717) is 21.3 Å². The molecule has 0 unspecified atom stereocenters. The topological polar surface area (TPSA) is 86.9 Å². The second kappa shape index (κ2) is 8.75. The molecule has 2 heterocycles. The molecule has 4 aromatic rings. The Kier molecular flexibility index (Phi) is 5.72. The van der Waals surface area contributed by atoms with E-state index in [1.807, 2.05) is 36.5 Å². The third-order valence-electron chi connectivity index (χ3n) is 4.42. The molecule has 30 heavy (non-hydrogen) atoms. The van der Waals surface area contributed by atoms with Gasteiger partial charge in [-0.25, -0.2) is 0 Å². The number of halogens is 1. The van der Waals surface area contributed by atoms with Crippen LogP contribution in [0.25, 0.3) is 17.0 Å². The van der Waals surface area contributed by atoms with E-state index < -0.39 is 11.8 Å². The van der Waals surface area contributed by atoms with E-state index in [-0.39, 0.29) is 5.70 Å². The lowest BCUT2D eigenvalue weighted by Gasteiger charge is -2.12. The lowest BCUT2D eigenvalue weighted by atomic mass is 10.2. The summed E-state index contributed by atoms with van der Waals surface area (Å²) in [6.45, 7) is 0. The summed E-state index contributed by atoms with van der Waals surface area (Å²) in [5.74, 6) is -0.835. The molecule has 0 saturated carbocycles. The van der Waals surface area contributed by atoms with Crippen molar-refractivity contribution in [3.05, 3.63) is 101 Å². The first-order chi connectivity index (χ1) is 14.6. The van der Waals surface area contributed by atoms with Crippen LogP contribution in [0.5, 0.6) is 0 Å². The van der Waals surface area contributed by atoms with E-state index in [9.17, 15) is 9.59 Å². The lowest BCUT2D eigenvalue weighted by Crippen LogP contribution is -2.31. The number of nitrogens with zero attached hydrogens (tertiary/aromatic N) is 1. The van der Waals surface area contributed by atoms with Crippen molar-refractivity contribution >= 4 is 50.4 Å². The minimum Gasteiger partial charge on any atom is -0.361 e. The number of rotatable bonds is 5. The molecule has 148 valence electrons. The maximum absolute atomic E-state index is 13.0. The van der Waals surface area contributed by atoms with Crippen molar-refractivity contribution in [2.75, 3.05) is 5.32 Å². The summed E-state index contributed by atoms with van der Waals surface area (Å²) in [6, 6.07) is 18.1. The fourth-order valence-electron chi connectivity index (χ4n) is 2.95. The fraction of sp³-hybridized carbons (Fsp3) is 0. The van der Waals surface area contributed by atoms with Gasteiger partial charge in [0.05, 0.1) is 5.56 Å². The predicted octanol–water partition coefficient (Wildman–Crippen LogP) is 4.74. The third-order valence-corrected chi connectivity index (χ3v) is 5.11. The summed E-state index contributed by atoms with van der Waals surface area (Å²) in [4.78, 5) is 33.0. The molecule has 0 spiro atoms. The lowest BCUT2D eigenvalue weighted by molar-refractivity contribution is -0.113. The third kappa shape index (κ3) is 4.47. The largest absolute Gasteiger partial charge is 0.361 e. The van der Waals surface area contributed by atoms with Gasteiger partial charge in [0.2, 0.25) is 0 Å². The van der Waals surface area contributed by atoms with Crippen LogP contribution in [0, 0.1) is 0 Å². The minimum absolute atomic E-state index is 0.107. The van der Waals surface area contributed by atoms with Gasteiger partial charge in [0.15, 0.2) is 0 Å². The number of amides is 2. The van der Waals surface area contributed by atoms with E-state index >= 15 is 0 Å². The standard InChI is InChI=1S/C23H17BrN4O2/c24-19-6-2-1-5-18(19)22(29)28-21(12-15-4-3-10-25-14-15)23(30)27-17-8-7-16-9-11-26-20(16)13-17/h1-14,26H,(H,27,30)(H,28,29)/b21-12+. The SMILES string of the molecule is O=C(Nc1ccc2cc[nH]c2c1)/C(=C\c1cccnc1)NC(=O)c1ccccc1Br. The summed E-state index contributed by atoms with van der Waals surface area (Å²) in [5.41, 5.74) is 2.74. The molecule has 2 amide bonds. The number of nitrogens with one attached hydrogen (secondary N) is 3. The van der Waals surface area contributed by atoms with Gasteiger partial charge in [-0.15, -0.1) is 0 Å². The Labute approximate surface area is 181 Å². The van der Waals surface area contributed by atoms with Gasteiger partial charge in [-0.3, -0.25) is 14.6 Å². The van der Waals surface area contributed by atoms with E-state index in [4.69, 9.17) is 0 Å². The first-order valence-corrected chi connectivity index (χ1v) is 9.95. The summed E-state index contributed by atoms with van der Waals surface area (Å²) >= 11 is 3.37. The molecule has 3 N–H and O–H groups in total. The normalized spacial score (nSPS) is 11.3. The van der Waals surface area contributed by atoms with Gasteiger partial charge in [0, 0.05) is 34.3 Å². The van der Waals surface area contributed by atoms with Crippen LogP contribution >= 0.6 is 15.9 Å². The van der Waals surface area contributed by atoms with Crippen LogP contribution in [0.2, 0.25) is 0 Å². The highest BCUT2D eigenvalue weighted by atomic mass is 79.9. The molecule has 0 aliphatic heterocycles. The minimum atomic E-state index is -0.440. The highest BCUT2D eigenvalue weighted by Gasteiger charge is 2.17. The highest BCUT2D eigenvalue weighted by molar-refractivity contribution is 9.10. The van der Waals surface area contributed by atoms with Crippen molar-refractivity contribution in [3.63, 3.8) is 0 Å². The maximum Gasteiger partial charge on any atom is 0.272 e. The number of hydrogen-bond donors (Lipinski definition) is 3. The molecule has 0 saturated heterocycles. The van der Waals surface area contributed by atoms with Crippen LogP contribution in [0.1, 0.15) is 15.9 Å². The summed E-state index contributed by atoms with van der Waals surface area (Å²) in [6.07, 6.45) is 6.68. The Hall–Kier alpha value is -3.71. The van der Waals surface area contributed by atoms with Gasteiger partial charge in [-0.2, -0.15) is 0 Å². The molecule has 6 nitrogen and oxygen atoms in total. The van der Waals surface area contributed by atoms with Gasteiger partial charge in [0.25, 0.3) is 11.8 Å². The number of anilines is 1. The Bertz CT molecular complexity index is 1250. The summed E-state index contributed by atoms with van der Waals surface area (Å²) < 4.78 is 0.640. The van der Waals surface area contributed by atoms with Gasteiger partial charge in [0.1, 0.15) is 5.70 Å². The van der Waals surface area contributed by atoms with Crippen LogP contribution in [0.15, 0.2) is 89.4 Å². The van der Waals surface area contributed by atoms with Crippen molar-refractivity contribution in [2.24, 2.45) is 0 Å². The van der Waals surface area contributed by atoms with Crippen LogP contribution in [-0.4, -0.2) is 21.8 Å². The zero-order valence-corrected chi connectivity index (χ0v) is 17.3. The zero-order chi connectivity index (χ0) is 20.9.